The molecular weight excluding hydrogens is 498 g/mol. The molecule has 0 bridgehead atoms. The molecule has 3 rings (SSSR count). The van der Waals surface area contributed by atoms with Gasteiger partial charge in [-0.1, -0.05) is 26.7 Å². The van der Waals surface area contributed by atoms with Crippen LogP contribution in [0.1, 0.15) is 83.6 Å². The topological polar surface area (TPSA) is 75.4 Å². The molecule has 2 atom stereocenters. The van der Waals surface area contributed by atoms with E-state index in [-0.39, 0.29) is 50.3 Å². The summed E-state index contributed by atoms with van der Waals surface area (Å²) in [5.41, 5.74) is 0.220. The summed E-state index contributed by atoms with van der Waals surface area (Å²) >= 11 is 3.31. The van der Waals surface area contributed by atoms with Crippen molar-refractivity contribution in [2.75, 3.05) is 19.6 Å². The molecule has 1 aliphatic heterocycles. The second-order valence-corrected chi connectivity index (χ2v) is 9.39. The largest absolute Gasteiger partial charge is 0.432 e. The third kappa shape index (κ3) is 7.79. The first kappa shape index (κ1) is 28.5. The van der Waals surface area contributed by atoms with Crippen molar-refractivity contribution >= 4 is 54.6 Å². The summed E-state index contributed by atoms with van der Waals surface area (Å²) in [5.74, 6) is 1.16. The van der Waals surface area contributed by atoms with Gasteiger partial charge in [0.25, 0.3) is 0 Å². The van der Waals surface area contributed by atoms with E-state index in [0.29, 0.717) is 29.2 Å². The van der Waals surface area contributed by atoms with Gasteiger partial charge in [0.2, 0.25) is 11.8 Å². The van der Waals surface area contributed by atoms with Crippen LogP contribution in [0.2, 0.25) is 0 Å². The number of piperidine rings is 1. The SMILES string of the molecule is CCC(=O)CCCCC[C@H](NC(=O)[C@H]1CC12CCN(CC)CC2)c1ncc(Br)o1.S.S. The number of carbonyl (C=O) groups excluding carboxylic acids is 2. The normalized spacial score (nSPS) is 20.4. The number of carbonyl (C=O) groups is 2. The summed E-state index contributed by atoms with van der Waals surface area (Å²) in [7, 11) is 0. The van der Waals surface area contributed by atoms with Crippen molar-refractivity contribution in [1.29, 1.82) is 0 Å². The molecule has 1 N–H and O–H groups in total. The Bertz CT molecular complexity index is 708. The van der Waals surface area contributed by atoms with E-state index >= 15 is 0 Å². The molecule has 2 aliphatic rings. The highest BCUT2D eigenvalue weighted by molar-refractivity contribution is 9.10. The molecule has 1 saturated heterocycles. The van der Waals surface area contributed by atoms with Crippen LogP contribution < -0.4 is 5.32 Å². The number of nitrogens with zero attached hydrogens (tertiary/aromatic N) is 2. The number of likely N-dealkylation sites (tertiary alicyclic amines) is 1. The highest BCUT2D eigenvalue weighted by Crippen LogP contribution is 2.59. The fourth-order valence-corrected chi connectivity index (χ4v) is 4.84. The van der Waals surface area contributed by atoms with Gasteiger partial charge in [-0.05, 0) is 73.1 Å². The van der Waals surface area contributed by atoms with Crippen LogP contribution in [0.3, 0.4) is 0 Å². The van der Waals surface area contributed by atoms with E-state index in [2.05, 4.69) is 38.1 Å². The molecule has 0 aromatic carbocycles. The Morgan fingerprint density at radius 3 is 2.55 bits per heavy atom. The number of Topliss-reactive ketones (excluding diaryl/α,β-unsaturated/α-hetero) is 1. The summed E-state index contributed by atoms with van der Waals surface area (Å²) in [6, 6.07) is -0.205. The first-order chi connectivity index (χ1) is 14.0. The summed E-state index contributed by atoms with van der Waals surface area (Å²) in [4.78, 5) is 31.2. The minimum atomic E-state index is -0.205. The minimum absolute atomic E-state index is 0. The fourth-order valence-electron chi connectivity index (χ4n) is 4.57. The van der Waals surface area contributed by atoms with Gasteiger partial charge in [-0.25, -0.2) is 4.98 Å². The molecular formula is C22H38BrN3O3S2. The third-order valence-corrected chi connectivity index (χ3v) is 7.12. The van der Waals surface area contributed by atoms with Crippen molar-refractivity contribution < 1.29 is 14.0 Å². The molecule has 31 heavy (non-hydrogen) atoms. The zero-order chi connectivity index (χ0) is 20.9. The fraction of sp³-hybridized carbons (Fsp3) is 0.773. The summed E-state index contributed by atoms with van der Waals surface area (Å²) in [5, 5.41) is 3.22. The average Bonchev–Trinajstić information content (AvgIpc) is 3.25. The van der Waals surface area contributed by atoms with Gasteiger partial charge < -0.3 is 14.6 Å². The quantitative estimate of drug-likeness (QED) is 0.409. The van der Waals surface area contributed by atoms with E-state index in [1.54, 1.807) is 6.20 Å². The molecule has 0 radical (unpaired) electrons. The summed E-state index contributed by atoms with van der Waals surface area (Å²) < 4.78 is 6.23. The number of rotatable bonds is 11. The van der Waals surface area contributed by atoms with Gasteiger partial charge in [-0.2, -0.15) is 27.0 Å². The standard InChI is InChI=1S/C22H34BrN3O3.2H2S/c1-3-16(27)8-6-5-7-9-18(21-24-15-19(23)29-21)25-20(28)17-14-22(17)10-12-26(4-2)13-11-22;;/h15,17-18H,3-14H2,1-2H3,(H,25,28);2*1H2/t17-,18+;;/m1../s1. The lowest BCUT2D eigenvalue weighted by atomic mass is 9.90. The Kier molecular flexibility index (Phi) is 12.2. The van der Waals surface area contributed by atoms with Crippen molar-refractivity contribution in [1.82, 2.24) is 15.2 Å². The van der Waals surface area contributed by atoms with Crippen LogP contribution in [0, 0.1) is 11.3 Å². The minimum Gasteiger partial charge on any atom is -0.432 e. The Balaban J connectivity index is 0.00000240. The van der Waals surface area contributed by atoms with Crippen LogP contribution in [0.25, 0.3) is 0 Å². The maximum atomic E-state index is 13.0. The van der Waals surface area contributed by atoms with Crippen LogP contribution in [-0.4, -0.2) is 41.2 Å². The molecule has 6 nitrogen and oxygen atoms in total. The van der Waals surface area contributed by atoms with Gasteiger partial charge >= 0.3 is 0 Å². The number of hydrogen-bond acceptors (Lipinski definition) is 5. The number of oxazole rings is 1. The van der Waals surface area contributed by atoms with Crippen LogP contribution in [0.4, 0.5) is 0 Å². The number of amides is 1. The molecule has 178 valence electrons. The lowest BCUT2D eigenvalue weighted by molar-refractivity contribution is -0.124. The van der Waals surface area contributed by atoms with Gasteiger partial charge in [0.15, 0.2) is 4.67 Å². The first-order valence-corrected chi connectivity index (χ1v) is 11.9. The molecule has 1 saturated carbocycles. The summed E-state index contributed by atoms with van der Waals surface area (Å²) in [6.45, 7) is 7.41. The lowest BCUT2D eigenvalue weighted by Crippen LogP contribution is -2.37. The Morgan fingerprint density at radius 2 is 1.97 bits per heavy atom. The second kappa shape index (κ2) is 13.3. The predicted molar refractivity (Wildman–Crippen MR) is 136 cm³/mol. The second-order valence-electron chi connectivity index (χ2n) is 8.61. The molecule has 1 aromatic heterocycles. The van der Waals surface area contributed by atoms with Crippen LogP contribution in [0.15, 0.2) is 15.3 Å². The van der Waals surface area contributed by atoms with Gasteiger partial charge in [-0.15, -0.1) is 0 Å². The van der Waals surface area contributed by atoms with E-state index in [9.17, 15) is 9.59 Å². The highest BCUT2D eigenvalue weighted by atomic mass is 79.9. The van der Waals surface area contributed by atoms with E-state index < -0.39 is 0 Å². The van der Waals surface area contributed by atoms with Gasteiger partial charge in [-0.3, -0.25) is 9.59 Å². The molecule has 2 heterocycles. The highest BCUT2D eigenvalue weighted by Gasteiger charge is 2.58. The van der Waals surface area contributed by atoms with E-state index in [1.807, 2.05) is 6.92 Å². The van der Waals surface area contributed by atoms with Crippen LogP contribution in [-0.2, 0) is 9.59 Å². The average molecular weight is 537 g/mol. The van der Waals surface area contributed by atoms with Crippen molar-refractivity contribution in [3.63, 3.8) is 0 Å². The van der Waals surface area contributed by atoms with Crippen molar-refractivity contribution in [2.24, 2.45) is 11.3 Å². The number of unbranched alkanes of at least 4 members (excludes halogenated alkanes) is 2. The maximum Gasteiger partial charge on any atom is 0.224 e. The molecule has 2 fully saturated rings. The number of ketones is 1. The zero-order valence-electron chi connectivity index (χ0n) is 18.7. The Morgan fingerprint density at radius 1 is 1.26 bits per heavy atom. The smallest absolute Gasteiger partial charge is 0.224 e. The maximum absolute atomic E-state index is 13.0. The van der Waals surface area contributed by atoms with Crippen molar-refractivity contribution in [2.45, 2.75) is 77.7 Å². The van der Waals surface area contributed by atoms with Gasteiger partial charge in [0.1, 0.15) is 11.8 Å². The molecule has 1 aliphatic carbocycles. The number of aromatic nitrogens is 1. The molecule has 1 spiro atoms. The zero-order valence-corrected chi connectivity index (χ0v) is 22.3. The molecule has 1 aromatic rings. The monoisotopic (exact) mass is 535 g/mol. The van der Waals surface area contributed by atoms with Crippen LogP contribution >= 0.6 is 42.9 Å². The van der Waals surface area contributed by atoms with Gasteiger partial charge in [0, 0.05) is 18.8 Å². The predicted octanol–water partition coefficient (Wildman–Crippen LogP) is 4.87. The molecule has 1 amide bonds. The lowest BCUT2D eigenvalue weighted by Gasteiger charge is -2.32. The van der Waals surface area contributed by atoms with Crippen molar-refractivity contribution in [3.8, 4) is 0 Å². The Labute approximate surface area is 208 Å². The first-order valence-electron chi connectivity index (χ1n) is 11.1. The summed E-state index contributed by atoms with van der Waals surface area (Å²) in [6.07, 6.45) is 9.75. The Hall–Kier alpha value is -0.510. The number of hydrogen-bond donors (Lipinski definition) is 1. The van der Waals surface area contributed by atoms with Crippen molar-refractivity contribution in [3.05, 3.63) is 16.8 Å². The van der Waals surface area contributed by atoms with E-state index in [1.165, 1.54) is 0 Å². The van der Waals surface area contributed by atoms with E-state index in [0.717, 1.165) is 64.6 Å². The van der Waals surface area contributed by atoms with Gasteiger partial charge in [0.05, 0.1) is 6.20 Å². The number of halogens is 1. The van der Waals surface area contributed by atoms with Crippen LogP contribution in [0.5, 0.6) is 0 Å². The molecule has 9 heteroatoms. The third-order valence-electron chi connectivity index (χ3n) is 6.76. The number of nitrogens with one attached hydrogen (secondary N) is 1. The van der Waals surface area contributed by atoms with E-state index in [4.69, 9.17) is 4.42 Å². The molecule has 0 unspecified atom stereocenters.